The van der Waals surface area contributed by atoms with E-state index in [0.29, 0.717) is 5.69 Å². The lowest BCUT2D eigenvalue weighted by Gasteiger charge is -2.02. The second kappa shape index (κ2) is 3.88. The van der Waals surface area contributed by atoms with Crippen molar-refractivity contribution in [3.8, 4) is 11.3 Å². The van der Waals surface area contributed by atoms with E-state index in [0.717, 1.165) is 15.7 Å². The highest BCUT2D eigenvalue weighted by atomic mass is 79.9. The SMILES string of the molecule is Cn1ncc(N)c1-c1cn(C)c2ccc(Br)cc12. The zero-order valence-corrected chi connectivity index (χ0v) is 11.8. The van der Waals surface area contributed by atoms with E-state index in [1.54, 1.807) is 6.20 Å². The van der Waals surface area contributed by atoms with Gasteiger partial charge in [0.05, 0.1) is 17.6 Å². The van der Waals surface area contributed by atoms with Crippen molar-refractivity contribution in [2.75, 3.05) is 5.73 Å². The van der Waals surface area contributed by atoms with Crippen LogP contribution in [-0.4, -0.2) is 14.3 Å². The number of hydrogen-bond donors (Lipinski definition) is 1. The van der Waals surface area contributed by atoms with Gasteiger partial charge in [0, 0.05) is 41.2 Å². The number of hydrogen-bond acceptors (Lipinski definition) is 2. The molecule has 2 aromatic heterocycles. The molecular weight excluding hydrogens is 292 g/mol. The van der Waals surface area contributed by atoms with Crippen LogP contribution in [0.3, 0.4) is 0 Å². The average molecular weight is 305 g/mol. The Morgan fingerprint density at radius 1 is 1.28 bits per heavy atom. The van der Waals surface area contributed by atoms with Crippen LogP contribution in [0.5, 0.6) is 0 Å². The molecule has 2 N–H and O–H groups in total. The minimum absolute atomic E-state index is 0.699. The third-order valence-corrected chi connectivity index (χ3v) is 3.67. The standard InChI is InChI=1S/C13H13BrN4/c1-17-7-10(13-11(15)6-16-18(13)2)9-5-8(14)3-4-12(9)17/h3-7H,15H2,1-2H3. The number of nitrogens with two attached hydrogens (primary N) is 1. The summed E-state index contributed by atoms with van der Waals surface area (Å²) in [5.41, 5.74) is 9.94. The fraction of sp³-hybridized carbons (Fsp3) is 0.154. The van der Waals surface area contributed by atoms with Gasteiger partial charge in [-0.3, -0.25) is 4.68 Å². The monoisotopic (exact) mass is 304 g/mol. The second-order valence-electron chi connectivity index (χ2n) is 4.39. The van der Waals surface area contributed by atoms with E-state index in [1.807, 2.05) is 24.8 Å². The van der Waals surface area contributed by atoms with Crippen LogP contribution < -0.4 is 5.73 Å². The number of aromatic nitrogens is 3. The van der Waals surface area contributed by atoms with E-state index < -0.39 is 0 Å². The maximum absolute atomic E-state index is 6.01. The van der Waals surface area contributed by atoms with Crippen LogP contribution in [-0.2, 0) is 14.1 Å². The fourth-order valence-electron chi connectivity index (χ4n) is 2.34. The molecule has 92 valence electrons. The summed E-state index contributed by atoms with van der Waals surface area (Å²) in [6, 6.07) is 6.24. The summed E-state index contributed by atoms with van der Waals surface area (Å²) in [6.07, 6.45) is 3.77. The van der Waals surface area contributed by atoms with Crippen LogP contribution in [0.2, 0.25) is 0 Å². The van der Waals surface area contributed by atoms with Gasteiger partial charge in [0.25, 0.3) is 0 Å². The molecule has 18 heavy (non-hydrogen) atoms. The first-order valence-corrected chi connectivity index (χ1v) is 6.39. The fourth-order valence-corrected chi connectivity index (χ4v) is 2.70. The first kappa shape index (κ1) is 11.3. The zero-order chi connectivity index (χ0) is 12.9. The number of aryl methyl sites for hydroxylation is 2. The van der Waals surface area contributed by atoms with Crippen LogP contribution in [0.4, 0.5) is 5.69 Å². The molecular formula is C13H13BrN4. The molecule has 0 bridgehead atoms. The predicted molar refractivity (Wildman–Crippen MR) is 77.2 cm³/mol. The molecule has 0 radical (unpaired) electrons. The average Bonchev–Trinajstić information content (AvgIpc) is 2.81. The summed E-state index contributed by atoms with van der Waals surface area (Å²) in [5.74, 6) is 0. The Kier molecular flexibility index (Phi) is 2.45. The number of halogens is 1. The van der Waals surface area contributed by atoms with Crippen LogP contribution in [0.1, 0.15) is 0 Å². The number of anilines is 1. The first-order chi connectivity index (χ1) is 8.58. The van der Waals surface area contributed by atoms with Crippen molar-refractivity contribution in [1.29, 1.82) is 0 Å². The second-order valence-corrected chi connectivity index (χ2v) is 5.30. The third kappa shape index (κ3) is 1.54. The molecule has 0 amide bonds. The molecule has 3 rings (SSSR count). The normalized spacial score (nSPS) is 11.3. The van der Waals surface area contributed by atoms with Gasteiger partial charge in [-0.1, -0.05) is 15.9 Å². The topological polar surface area (TPSA) is 48.8 Å². The molecule has 2 heterocycles. The Bertz CT molecular complexity index is 719. The molecule has 0 aliphatic carbocycles. The number of fused-ring (bicyclic) bond motifs is 1. The number of benzene rings is 1. The van der Waals surface area contributed by atoms with Crippen molar-refractivity contribution in [3.63, 3.8) is 0 Å². The van der Waals surface area contributed by atoms with E-state index in [-0.39, 0.29) is 0 Å². The van der Waals surface area contributed by atoms with Gasteiger partial charge < -0.3 is 10.3 Å². The Hall–Kier alpha value is -1.75. The quantitative estimate of drug-likeness (QED) is 0.751. The lowest BCUT2D eigenvalue weighted by atomic mass is 10.1. The number of nitrogens with zero attached hydrogens (tertiary/aromatic N) is 3. The van der Waals surface area contributed by atoms with E-state index in [2.05, 4.69) is 43.9 Å². The summed E-state index contributed by atoms with van der Waals surface area (Å²) >= 11 is 3.51. The number of rotatable bonds is 1. The molecule has 0 aliphatic rings. The minimum Gasteiger partial charge on any atom is -0.396 e. The molecule has 5 heteroatoms. The molecule has 0 unspecified atom stereocenters. The van der Waals surface area contributed by atoms with Crippen LogP contribution in [0.15, 0.2) is 35.1 Å². The van der Waals surface area contributed by atoms with Gasteiger partial charge in [0.2, 0.25) is 0 Å². The maximum Gasteiger partial charge on any atom is 0.0930 e. The Morgan fingerprint density at radius 3 is 2.72 bits per heavy atom. The zero-order valence-electron chi connectivity index (χ0n) is 10.2. The van der Waals surface area contributed by atoms with Crippen molar-refractivity contribution < 1.29 is 0 Å². The van der Waals surface area contributed by atoms with Crippen molar-refractivity contribution in [1.82, 2.24) is 14.3 Å². The van der Waals surface area contributed by atoms with Crippen LogP contribution >= 0.6 is 15.9 Å². The lowest BCUT2D eigenvalue weighted by molar-refractivity contribution is 0.776. The largest absolute Gasteiger partial charge is 0.396 e. The van der Waals surface area contributed by atoms with Crippen molar-refractivity contribution in [2.45, 2.75) is 0 Å². The summed E-state index contributed by atoms with van der Waals surface area (Å²) in [6.45, 7) is 0. The van der Waals surface area contributed by atoms with E-state index in [4.69, 9.17) is 5.73 Å². The van der Waals surface area contributed by atoms with Crippen LogP contribution in [0.25, 0.3) is 22.2 Å². The summed E-state index contributed by atoms with van der Waals surface area (Å²) < 4.78 is 4.97. The van der Waals surface area contributed by atoms with Gasteiger partial charge in [0.1, 0.15) is 0 Å². The van der Waals surface area contributed by atoms with Gasteiger partial charge in [-0.05, 0) is 18.2 Å². The molecule has 0 fully saturated rings. The lowest BCUT2D eigenvalue weighted by Crippen LogP contribution is -1.95. The maximum atomic E-state index is 6.01. The molecule has 0 saturated heterocycles. The van der Waals surface area contributed by atoms with Gasteiger partial charge in [-0.25, -0.2) is 0 Å². The summed E-state index contributed by atoms with van der Waals surface area (Å²) in [4.78, 5) is 0. The van der Waals surface area contributed by atoms with Gasteiger partial charge in [-0.15, -0.1) is 0 Å². The molecule has 0 spiro atoms. The molecule has 1 aromatic carbocycles. The van der Waals surface area contributed by atoms with E-state index in [1.165, 1.54) is 10.9 Å². The predicted octanol–water partition coefficient (Wildman–Crippen LogP) is 2.92. The van der Waals surface area contributed by atoms with Gasteiger partial charge in [-0.2, -0.15) is 5.10 Å². The third-order valence-electron chi connectivity index (χ3n) is 3.17. The Balaban J connectivity index is 2.40. The van der Waals surface area contributed by atoms with E-state index >= 15 is 0 Å². The summed E-state index contributed by atoms with van der Waals surface area (Å²) in [7, 11) is 3.94. The van der Waals surface area contributed by atoms with E-state index in [9.17, 15) is 0 Å². The summed E-state index contributed by atoms with van der Waals surface area (Å²) in [5, 5.41) is 5.37. The first-order valence-electron chi connectivity index (χ1n) is 5.60. The van der Waals surface area contributed by atoms with Crippen molar-refractivity contribution in [3.05, 3.63) is 35.1 Å². The highest BCUT2D eigenvalue weighted by molar-refractivity contribution is 9.10. The van der Waals surface area contributed by atoms with Crippen LogP contribution in [0, 0.1) is 0 Å². The van der Waals surface area contributed by atoms with Gasteiger partial charge in [0.15, 0.2) is 0 Å². The highest BCUT2D eigenvalue weighted by Gasteiger charge is 2.14. The number of nitrogen functional groups attached to an aromatic ring is 1. The van der Waals surface area contributed by atoms with Crippen molar-refractivity contribution >= 4 is 32.5 Å². The molecule has 0 aliphatic heterocycles. The molecule has 3 aromatic rings. The Morgan fingerprint density at radius 2 is 2.06 bits per heavy atom. The molecule has 0 saturated carbocycles. The van der Waals surface area contributed by atoms with Gasteiger partial charge >= 0.3 is 0 Å². The Labute approximate surface area is 113 Å². The van der Waals surface area contributed by atoms with Crippen molar-refractivity contribution in [2.24, 2.45) is 14.1 Å². The highest BCUT2D eigenvalue weighted by Crippen LogP contribution is 2.34. The minimum atomic E-state index is 0.699. The molecule has 4 nitrogen and oxygen atoms in total. The smallest absolute Gasteiger partial charge is 0.0930 e. The molecule has 0 atom stereocenters.